The Morgan fingerprint density at radius 1 is 0.489 bits per heavy atom. The Hall–Kier alpha value is -6.20. The van der Waals surface area contributed by atoms with Crippen molar-refractivity contribution in [3.63, 3.8) is 0 Å². The summed E-state index contributed by atoms with van der Waals surface area (Å²) in [5, 5.41) is 7.06. The summed E-state index contributed by atoms with van der Waals surface area (Å²) in [5.74, 6) is 1.55. The van der Waals surface area contributed by atoms with Crippen molar-refractivity contribution >= 4 is 65.5 Å². The van der Waals surface area contributed by atoms with Crippen LogP contribution in [0.15, 0.2) is 150 Å². The normalized spacial score (nSPS) is 12.0. The van der Waals surface area contributed by atoms with Gasteiger partial charge in [0, 0.05) is 44.4 Å². The topological polar surface area (TPSA) is 48.8 Å². The van der Waals surface area contributed by atoms with Gasteiger partial charge in [0.15, 0.2) is 5.58 Å². The second kappa shape index (κ2) is 9.15. The molecule has 0 aliphatic rings. The van der Waals surface area contributed by atoms with Gasteiger partial charge in [0.05, 0.1) is 22.1 Å². The molecule has 4 heterocycles. The lowest BCUT2D eigenvalue weighted by molar-refractivity contribution is 0.620. The summed E-state index contributed by atoms with van der Waals surface area (Å²) < 4.78 is 10.9. The molecule has 6 aromatic carbocycles. The Balaban J connectivity index is 1.27. The van der Waals surface area contributed by atoms with Gasteiger partial charge in [-0.25, -0.2) is 9.97 Å². The number of fused-ring (bicyclic) bond motifs is 8. The van der Waals surface area contributed by atoms with Gasteiger partial charge in [-0.05, 0) is 60.0 Å². The molecule has 0 aliphatic carbocycles. The zero-order valence-corrected chi connectivity index (χ0v) is 24.1. The first-order valence-corrected chi connectivity index (χ1v) is 15.1. The molecule has 5 nitrogen and oxygen atoms in total. The van der Waals surface area contributed by atoms with Crippen LogP contribution in [0.5, 0.6) is 0 Å². The van der Waals surface area contributed by atoms with E-state index in [1.54, 1.807) is 0 Å². The number of rotatable bonds is 3. The van der Waals surface area contributed by atoms with Gasteiger partial charge in [-0.1, -0.05) is 84.9 Å². The van der Waals surface area contributed by atoms with Crippen LogP contribution in [0.4, 0.5) is 0 Å². The summed E-state index contributed by atoms with van der Waals surface area (Å²) in [4.78, 5) is 9.74. The van der Waals surface area contributed by atoms with E-state index in [0.29, 0.717) is 5.89 Å². The monoisotopic (exact) mass is 576 g/mol. The quantitative estimate of drug-likeness (QED) is 0.210. The van der Waals surface area contributed by atoms with Crippen molar-refractivity contribution in [2.45, 2.75) is 0 Å². The number of hydrogen-bond donors (Lipinski definition) is 0. The van der Waals surface area contributed by atoms with Gasteiger partial charge < -0.3 is 8.98 Å². The molecule has 0 fully saturated rings. The average Bonchev–Trinajstić information content (AvgIpc) is 3.78. The fourth-order valence-corrected chi connectivity index (χ4v) is 6.99. The molecule has 0 N–H and O–H groups in total. The van der Waals surface area contributed by atoms with E-state index in [4.69, 9.17) is 14.4 Å². The number of pyridine rings is 1. The minimum Gasteiger partial charge on any atom is -0.436 e. The molecule has 0 atom stereocenters. The van der Waals surface area contributed by atoms with E-state index in [-0.39, 0.29) is 0 Å². The lowest BCUT2D eigenvalue weighted by Crippen LogP contribution is -1.99. The first kappa shape index (κ1) is 24.3. The fourth-order valence-electron chi connectivity index (χ4n) is 6.99. The van der Waals surface area contributed by atoms with E-state index < -0.39 is 0 Å². The van der Waals surface area contributed by atoms with Crippen LogP contribution in [0.3, 0.4) is 0 Å². The standard InChI is InChI=1S/C40H24N4O/c1-2-10-28-25(9-1)21-22-41-39(28)44-35-15-7-4-12-30(35)32-20-18-27(24-37(32)44)43-34-14-6-3-11-29(34)31-19-17-26(23-36(31)43)40-42-33-13-5-8-16-38(33)45-40/h1-24H. The third-order valence-corrected chi connectivity index (χ3v) is 8.99. The zero-order valence-electron chi connectivity index (χ0n) is 24.1. The summed E-state index contributed by atoms with van der Waals surface area (Å²) in [6.45, 7) is 0. The van der Waals surface area contributed by atoms with E-state index >= 15 is 0 Å². The van der Waals surface area contributed by atoms with Crippen LogP contribution in [0.1, 0.15) is 0 Å². The van der Waals surface area contributed by atoms with E-state index in [1.165, 1.54) is 26.9 Å². The highest BCUT2D eigenvalue weighted by Crippen LogP contribution is 2.38. The van der Waals surface area contributed by atoms with Gasteiger partial charge in [-0.3, -0.25) is 4.57 Å². The molecular formula is C40H24N4O. The molecule has 0 radical (unpaired) electrons. The highest BCUT2D eigenvalue weighted by Gasteiger charge is 2.19. The van der Waals surface area contributed by atoms with Gasteiger partial charge in [0.25, 0.3) is 0 Å². The molecule has 210 valence electrons. The molecule has 0 unspecified atom stereocenters. The Morgan fingerprint density at radius 2 is 1.13 bits per heavy atom. The SMILES string of the molecule is c1ccc2c(-n3c4ccccc4c4ccc(-n5c6ccccc6c6ccc(-c7nc8ccccc8o7)cc65)cc43)nccc2c1. The molecule has 4 aromatic heterocycles. The summed E-state index contributed by atoms with van der Waals surface area (Å²) in [6, 6.07) is 48.9. The molecule has 0 saturated heterocycles. The smallest absolute Gasteiger partial charge is 0.227 e. The molecule has 0 spiro atoms. The van der Waals surface area contributed by atoms with Crippen LogP contribution in [-0.4, -0.2) is 19.1 Å². The number of hydrogen-bond acceptors (Lipinski definition) is 3. The molecule has 10 rings (SSSR count). The zero-order chi connectivity index (χ0) is 29.5. The van der Waals surface area contributed by atoms with Gasteiger partial charge in [-0.2, -0.15) is 0 Å². The van der Waals surface area contributed by atoms with Crippen LogP contribution in [0.2, 0.25) is 0 Å². The molecule has 0 bridgehead atoms. The number of nitrogens with zero attached hydrogens (tertiary/aromatic N) is 4. The maximum absolute atomic E-state index is 6.18. The molecule has 10 aromatic rings. The lowest BCUT2D eigenvalue weighted by Gasteiger charge is -2.12. The molecular weight excluding hydrogens is 552 g/mol. The molecule has 0 saturated carbocycles. The second-order valence-corrected chi connectivity index (χ2v) is 11.5. The van der Waals surface area contributed by atoms with Crippen molar-refractivity contribution in [2.75, 3.05) is 0 Å². The number of aromatic nitrogens is 4. The van der Waals surface area contributed by atoms with Gasteiger partial charge in [0.1, 0.15) is 11.3 Å². The predicted molar refractivity (Wildman–Crippen MR) is 183 cm³/mol. The molecule has 0 amide bonds. The predicted octanol–water partition coefficient (Wildman–Crippen LogP) is 10.2. The van der Waals surface area contributed by atoms with Crippen molar-refractivity contribution in [3.8, 4) is 23.0 Å². The highest BCUT2D eigenvalue weighted by atomic mass is 16.3. The van der Waals surface area contributed by atoms with Crippen molar-refractivity contribution in [2.24, 2.45) is 0 Å². The first-order valence-electron chi connectivity index (χ1n) is 15.1. The van der Waals surface area contributed by atoms with Crippen LogP contribution in [-0.2, 0) is 0 Å². The van der Waals surface area contributed by atoms with E-state index in [9.17, 15) is 0 Å². The van der Waals surface area contributed by atoms with Gasteiger partial charge in [0.2, 0.25) is 5.89 Å². The van der Waals surface area contributed by atoms with Crippen LogP contribution in [0.25, 0.3) is 88.4 Å². The van der Waals surface area contributed by atoms with Crippen LogP contribution in [0, 0.1) is 0 Å². The maximum atomic E-state index is 6.18. The van der Waals surface area contributed by atoms with Gasteiger partial charge >= 0.3 is 0 Å². The average molecular weight is 577 g/mol. The Labute approximate surface area is 257 Å². The largest absolute Gasteiger partial charge is 0.436 e. The van der Waals surface area contributed by atoms with E-state index in [2.05, 4.69) is 124 Å². The Kier molecular flexibility index (Phi) is 4.93. The molecule has 5 heteroatoms. The Bertz CT molecular complexity index is 2740. The van der Waals surface area contributed by atoms with E-state index in [1.807, 2.05) is 30.5 Å². The second-order valence-electron chi connectivity index (χ2n) is 11.5. The minimum atomic E-state index is 0.618. The van der Waals surface area contributed by atoms with Crippen molar-refractivity contribution in [1.82, 2.24) is 19.1 Å². The third kappa shape index (κ3) is 3.49. The summed E-state index contributed by atoms with van der Waals surface area (Å²) >= 11 is 0. The van der Waals surface area contributed by atoms with Gasteiger partial charge in [-0.15, -0.1) is 0 Å². The first-order chi connectivity index (χ1) is 22.3. The maximum Gasteiger partial charge on any atom is 0.227 e. The molecule has 0 aliphatic heterocycles. The summed E-state index contributed by atoms with van der Waals surface area (Å²) in [6.07, 6.45) is 1.91. The Morgan fingerprint density at radius 3 is 1.96 bits per heavy atom. The lowest BCUT2D eigenvalue weighted by atomic mass is 10.1. The third-order valence-electron chi connectivity index (χ3n) is 8.99. The number of oxazole rings is 1. The van der Waals surface area contributed by atoms with E-state index in [0.717, 1.165) is 55.6 Å². The summed E-state index contributed by atoms with van der Waals surface area (Å²) in [7, 11) is 0. The van der Waals surface area contributed by atoms with Crippen molar-refractivity contribution in [1.29, 1.82) is 0 Å². The van der Waals surface area contributed by atoms with Crippen molar-refractivity contribution < 1.29 is 4.42 Å². The number of para-hydroxylation sites is 4. The summed E-state index contributed by atoms with van der Waals surface area (Å²) in [5.41, 5.74) is 8.15. The van der Waals surface area contributed by atoms with Crippen molar-refractivity contribution in [3.05, 3.63) is 146 Å². The molecule has 45 heavy (non-hydrogen) atoms. The minimum absolute atomic E-state index is 0.618. The highest BCUT2D eigenvalue weighted by molar-refractivity contribution is 6.13. The fraction of sp³-hybridized carbons (Fsp3) is 0. The van der Waals surface area contributed by atoms with Crippen LogP contribution >= 0.6 is 0 Å². The number of benzene rings is 6. The van der Waals surface area contributed by atoms with Crippen LogP contribution < -0.4 is 0 Å².